The second-order valence-electron chi connectivity index (χ2n) is 4.90. The van der Waals surface area contributed by atoms with E-state index < -0.39 is 14.9 Å². The van der Waals surface area contributed by atoms with Crippen LogP contribution in [0.4, 0.5) is 11.4 Å². The monoisotopic (exact) mass is 314 g/mol. The van der Waals surface area contributed by atoms with E-state index in [4.69, 9.17) is 5.84 Å². The first-order chi connectivity index (χ1) is 9.91. The van der Waals surface area contributed by atoms with Crippen molar-refractivity contribution < 1.29 is 13.3 Å². The molecule has 0 spiro atoms. The molecule has 116 valence electrons. The molecule has 2 rings (SSSR count). The molecule has 1 aliphatic heterocycles. The average molecular weight is 314 g/mol. The van der Waals surface area contributed by atoms with Crippen LogP contribution < -0.4 is 11.3 Å². The Bertz CT molecular complexity index is 647. The summed E-state index contributed by atoms with van der Waals surface area (Å²) in [5.74, 6) is 5.24. The quantitative estimate of drug-likeness (QED) is 0.482. The second-order valence-corrected chi connectivity index (χ2v) is 6.79. The number of hydrogen-bond donors (Lipinski definition) is 2. The molecule has 1 atom stereocenters. The normalized spacial score (nSPS) is 19.6. The first kappa shape index (κ1) is 15.7. The molecule has 0 saturated carbocycles. The number of rotatable bonds is 5. The third kappa shape index (κ3) is 2.85. The summed E-state index contributed by atoms with van der Waals surface area (Å²) in [4.78, 5) is 10.2. The van der Waals surface area contributed by atoms with Crippen LogP contribution in [0, 0.1) is 10.1 Å². The fraction of sp³-hybridized carbons (Fsp3) is 0.500. The number of nitro groups is 1. The summed E-state index contributed by atoms with van der Waals surface area (Å²) in [6.45, 7) is 2.42. The molecule has 8 nitrogen and oxygen atoms in total. The van der Waals surface area contributed by atoms with Crippen molar-refractivity contribution in [3.05, 3.63) is 28.3 Å². The smallest absolute Gasteiger partial charge is 0.293 e. The van der Waals surface area contributed by atoms with E-state index in [0.717, 1.165) is 25.3 Å². The molecule has 0 amide bonds. The predicted molar refractivity (Wildman–Crippen MR) is 78.1 cm³/mol. The Hall–Kier alpha value is -1.71. The molecule has 0 aliphatic carbocycles. The minimum absolute atomic E-state index is 0.0144. The van der Waals surface area contributed by atoms with Crippen LogP contribution in [0.1, 0.15) is 26.2 Å². The summed E-state index contributed by atoms with van der Waals surface area (Å²) < 4.78 is 26.7. The lowest BCUT2D eigenvalue weighted by Crippen LogP contribution is -2.35. The lowest BCUT2D eigenvalue weighted by Gasteiger charge is -2.23. The van der Waals surface area contributed by atoms with Gasteiger partial charge in [0, 0.05) is 18.7 Å². The number of nitrogens with one attached hydrogen (secondary N) is 1. The highest BCUT2D eigenvalue weighted by molar-refractivity contribution is 7.89. The van der Waals surface area contributed by atoms with Crippen molar-refractivity contribution in [3.63, 3.8) is 0 Å². The number of nitrogen functional groups attached to an aromatic ring is 1. The average Bonchev–Trinajstić information content (AvgIpc) is 2.95. The lowest BCUT2D eigenvalue weighted by atomic mass is 10.2. The maximum Gasteiger partial charge on any atom is 0.293 e. The van der Waals surface area contributed by atoms with Gasteiger partial charge in [0.25, 0.3) is 5.69 Å². The van der Waals surface area contributed by atoms with Crippen LogP contribution in [0.3, 0.4) is 0 Å². The van der Waals surface area contributed by atoms with Gasteiger partial charge in [0.1, 0.15) is 5.69 Å². The van der Waals surface area contributed by atoms with Crippen LogP contribution in [-0.2, 0) is 10.0 Å². The van der Waals surface area contributed by atoms with Gasteiger partial charge in [-0.25, -0.2) is 8.42 Å². The van der Waals surface area contributed by atoms with Crippen LogP contribution in [0.15, 0.2) is 23.1 Å². The van der Waals surface area contributed by atoms with Gasteiger partial charge in [-0.3, -0.25) is 16.0 Å². The molecule has 0 radical (unpaired) electrons. The van der Waals surface area contributed by atoms with E-state index in [9.17, 15) is 18.5 Å². The number of nitro benzene ring substituents is 1. The van der Waals surface area contributed by atoms with Gasteiger partial charge in [-0.05, 0) is 31.4 Å². The highest BCUT2D eigenvalue weighted by Crippen LogP contribution is 2.31. The summed E-state index contributed by atoms with van der Waals surface area (Å²) in [7, 11) is -3.66. The van der Waals surface area contributed by atoms with Crippen LogP contribution >= 0.6 is 0 Å². The van der Waals surface area contributed by atoms with Crippen molar-refractivity contribution in [2.75, 3.05) is 12.0 Å². The SMILES string of the molecule is CCC1CCCN1S(=O)(=O)c1ccc([N+](=O)[O-])c(NN)c1. The van der Waals surface area contributed by atoms with Crippen molar-refractivity contribution in [3.8, 4) is 0 Å². The van der Waals surface area contributed by atoms with Crippen LogP contribution in [-0.4, -0.2) is 30.2 Å². The van der Waals surface area contributed by atoms with E-state index >= 15 is 0 Å². The van der Waals surface area contributed by atoms with Gasteiger partial charge in [0.05, 0.1) is 9.82 Å². The Morgan fingerprint density at radius 3 is 2.81 bits per heavy atom. The van der Waals surface area contributed by atoms with E-state index in [-0.39, 0.29) is 22.3 Å². The number of nitrogens with zero attached hydrogens (tertiary/aromatic N) is 2. The number of hydrogen-bond acceptors (Lipinski definition) is 6. The van der Waals surface area contributed by atoms with Gasteiger partial charge < -0.3 is 5.43 Å². The Labute approximate surface area is 123 Å². The summed E-state index contributed by atoms with van der Waals surface area (Å²) >= 11 is 0. The highest BCUT2D eigenvalue weighted by Gasteiger charge is 2.34. The Morgan fingerprint density at radius 2 is 2.24 bits per heavy atom. The molecule has 1 fully saturated rings. The predicted octanol–water partition coefficient (Wildman–Crippen LogP) is 1.44. The van der Waals surface area contributed by atoms with Crippen molar-refractivity contribution in [2.24, 2.45) is 5.84 Å². The van der Waals surface area contributed by atoms with Crippen molar-refractivity contribution in [1.82, 2.24) is 4.31 Å². The van der Waals surface area contributed by atoms with E-state index in [1.54, 1.807) is 0 Å². The fourth-order valence-electron chi connectivity index (χ4n) is 2.62. The van der Waals surface area contributed by atoms with Crippen LogP contribution in [0.2, 0.25) is 0 Å². The zero-order valence-electron chi connectivity index (χ0n) is 11.7. The molecule has 1 aromatic rings. The number of anilines is 1. The zero-order valence-corrected chi connectivity index (χ0v) is 12.5. The van der Waals surface area contributed by atoms with Crippen molar-refractivity contribution in [2.45, 2.75) is 37.1 Å². The molecule has 0 aromatic heterocycles. The van der Waals surface area contributed by atoms with Gasteiger partial charge in [-0.2, -0.15) is 4.31 Å². The highest BCUT2D eigenvalue weighted by atomic mass is 32.2. The number of nitrogens with two attached hydrogens (primary N) is 1. The van der Waals surface area contributed by atoms with E-state index in [0.29, 0.717) is 6.54 Å². The molecule has 0 bridgehead atoms. The third-order valence-corrected chi connectivity index (χ3v) is 5.67. The summed E-state index contributed by atoms with van der Waals surface area (Å²) in [6.07, 6.45) is 2.41. The van der Waals surface area contributed by atoms with Gasteiger partial charge in [0.15, 0.2) is 0 Å². The van der Waals surface area contributed by atoms with E-state index in [1.807, 2.05) is 6.92 Å². The second kappa shape index (κ2) is 5.96. The molecular formula is C12H18N4O4S. The van der Waals surface area contributed by atoms with Gasteiger partial charge in [-0.1, -0.05) is 6.92 Å². The lowest BCUT2D eigenvalue weighted by molar-refractivity contribution is -0.384. The molecular weight excluding hydrogens is 296 g/mol. The number of sulfonamides is 1. The summed E-state index contributed by atoms with van der Waals surface area (Å²) in [6, 6.07) is 3.59. The van der Waals surface area contributed by atoms with Gasteiger partial charge in [-0.15, -0.1) is 0 Å². The molecule has 1 aromatic carbocycles. The molecule has 1 aliphatic rings. The minimum atomic E-state index is -3.66. The summed E-state index contributed by atoms with van der Waals surface area (Å²) in [5.41, 5.74) is 1.90. The molecule has 3 N–H and O–H groups in total. The topological polar surface area (TPSA) is 119 Å². The first-order valence-corrected chi connectivity index (χ1v) is 8.12. The molecule has 9 heteroatoms. The van der Waals surface area contributed by atoms with Gasteiger partial charge in [0.2, 0.25) is 10.0 Å². The minimum Gasteiger partial charge on any atom is -0.318 e. The van der Waals surface area contributed by atoms with Crippen molar-refractivity contribution in [1.29, 1.82) is 0 Å². The Kier molecular flexibility index (Phi) is 4.45. The standard InChI is InChI=1S/C12H18N4O4S/c1-2-9-4-3-7-15(9)21(19,20)10-5-6-12(16(17)18)11(8-10)14-13/h5-6,8-9,14H,2-4,7,13H2,1H3. The largest absolute Gasteiger partial charge is 0.318 e. The van der Waals surface area contributed by atoms with Gasteiger partial charge >= 0.3 is 0 Å². The number of hydrazine groups is 1. The summed E-state index contributed by atoms with van der Waals surface area (Å²) in [5, 5.41) is 10.8. The Morgan fingerprint density at radius 1 is 1.52 bits per heavy atom. The fourth-order valence-corrected chi connectivity index (χ4v) is 4.41. The van der Waals surface area contributed by atoms with E-state index in [2.05, 4.69) is 5.43 Å². The van der Waals surface area contributed by atoms with Crippen LogP contribution in [0.5, 0.6) is 0 Å². The maximum atomic E-state index is 12.6. The van der Waals surface area contributed by atoms with E-state index in [1.165, 1.54) is 16.4 Å². The maximum absolute atomic E-state index is 12.6. The van der Waals surface area contributed by atoms with Crippen molar-refractivity contribution >= 4 is 21.4 Å². The van der Waals surface area contributed by atoms with Crippen LogP contribution in [0.25, 0.3) is 0 Å². The molecule has 21 heavy (non-hydrogen) atoms. The molecule has 1 heterocycles. The molecule has 1 saturated heterocycles. The Balaban J connectivity index is 2.43. The first-order valence-electron chi connectivity index (χ1n) is 6.68. The zero-order chi connectivity index (χ0) is 15.6. The molecule has 1 unspecified atom stereocenters. The number of benzene rings is 1. The third-order valence-electron chi connectivity index (χ3n) is 3.72.